The summed E-state index contributed by atoms with van der Waals surface area (Å²) in [7, 11) is 0. The number of likely N-dealkylation sites (tertiary alicyclic amines) is 1. The van der Waals surface area contributed by atoms with Crippen LogP contribution in [0.15, 0.2) is 0 Å². The zero-order valence-corrected chi connectivity index (χ0v) is 9.09. The molecule has 2 unspecified atom stereocenters. The number of Topliss-reactive ketones (excluding diaryl/α,β-unsaturated/α-hetero) is 1. The molecule has 78 valence electrons. The van der Waals surface area contributed by atoms with Crippen molar-refractivity contribution in [3.63, 3.8) is 0 Å². The first-order valence-corrected chi connectivity index (χ1v) is 3.84. The maximum atomic E-state index is 11.1. The van der Waals surface area contributed by atoms with Gasteiger partial charge >= 0.3 is 6.09 Å². The topological polar surface area (TPSA) is 66.8 Å². The van der Waals surface area contributed by atoms with Gasteiger partial charge < -0.3 is 9.84 Å². The number of ether oxygens (including phenoxy) is 1. The first-order chi connectivity index (χ1) is 5.70. The maximum Gasteiger partial charge on any atom is 0.408 e. The molecule has 2 rings (SSSR count). The molecular formula is C7H9FmNO4. The predicted octanol–water partition coefficient (Wildman–Crippen LogP) is -0.293. The van der Waals surface area contributed by atoms with Crippen LogP contribution >= 0.6 is 0 Å². The molecule has 2 fully saturated rings. The first-order valence-electron chi connectivity index (χ1n) is 3.84. The van der Waals surface area contributed by atoms with Gasteiger partial charge in [-0.3, -0.25) is 9.69 Å². The molecule has 6 heteroatoms. The van der Waals surface area contributed by atoms with Crippen LogP contribution in [0.1, 0.15) is 6.42 Å². The molecule has 13 heavy (non-hydrogen) atoms. The second kappa shape index (κ2) is 2.75. The maximum absolute atomic E-state index is 11.1. The molecule has 1 N–H and O–H groups in total. The van der Waals surface area contributed by atoms with Crippen LogP contribution in [0, 0.1) is 0 Å². The first kappa shape index (κ1) is 8.99. The van der Waals surface area contributed by atoms with Crippen LogP contribution in [0.2, 0.25) is 0 Å². The molecule has 2 saturated heterocycles. The fraction of sp³-hybridized carbons (Fsp3) is 0.714. The van der Waals surface area contributed by atoms with Gasteiger partial charge in [0.2, 0.25) is 0 Å². The number of nitrogens with zero attached hydrogens (tertiary/aromatic N) is 1. The number of hydrogen-bond acceptors (Lipinski definition) is 3. The van der Waals surface area contributed by atoms with Crippen molar-refractivity contribution in [1.29, 1.82) is 0 Å². The van der Waals surface area contributed by atoms with Gasteiger partial charge in [0.1, 0.15) is 12.6 Å². The van der Waals surface area contributed by atoms with Crippen molar-refractivity contribution in [2.75, 3.05) is 13.2 Å². The summed E-state index contributed by atoms with van der Waals surface area (Å²) in [6.45, 7) is 0.482. The Balaban J connectivity index is 0.000000845. The van der Waals surface area contributed by atoms with Gasteiger partial charge in [-0.25, -0.2) is 4.79 Å². The molecule has 2 aliphatic rings. The van der Waals surface area contributed by atoms with Crippen molar-refractivity contribution in [2.24, 2.45) is 0 Å². The van der Waals surface area contributed by atoms with Gasteiger partial charge in [0.15, 0.2) is 5.78 Å². The average Bonchev–Trinajstić information content (AvgIpc) is 2.53. The third-order valence-electron chi connectivity index (χ3n) is 2.36. The number of hydrogen-bond donors (Lipinski definition) is 1. The second-order valence-corrected chi connectivity index (χ2v) is 3.03. The van der Waals surface area contributed by atoms with E-state index in [1.54, 1.807) is 0 Å². The summed E-state index contributed by atoms with van der Waals surface area (Å²) in [5.74, 6) is -0.111. The minimum Gasteiger partial charge on any atom is -0.465 e. The Hall–Kier alpha value is -2.10. The number of carbonyl (C=O) groups excluding carboxylic acids is 1. The molecule has 0 aliphatic carbocycles. The molecule has 2 aliphatic heterocycles. The summed E-state index contributed by atoms with van der Waals surface area (Å²) in [6.07, 6.45) is -0.571. The van der Waals surface area contributed by atoms with Crippen molar-refractivity contribution in [2.45, 2.75) is 18.6 Å². The molecule has 0 saturated carbocycles. The number of carbonyl (C=O) groups is 2. The molecule has 2 heterocycles. The van der Waals surface area contributed by atoms with Gasteiger partial charge in [0.25, 0.3) is 0 Å². The van der Waals surface area contributed by atoms with Crippen LogP contribution in [0.3, 0.4) is 0 Å². The molecule has 1 amide bonds. The molecule has 0 aromatic rings. The summed E-state index contributed by atoms with van der Waals surface area (Å²) in [4.78, 5) is 22.9. The number of ketones is 1. The zero-order chi connectivity index (χ0) is 8.72. The van der Waals surface area contributed by atoms with Crippen molar-refractivity contribution in [1.82, 2.24) is 4.90 Å². The fourth-order valence-electron chi connectivity index (χ4n) is 1.81. The second-order valence-electron chi connectivity index (χ2n) is 3.03. The van der Waals surface area contributed by atoms with E-state index in [-0.39, 0.29) is 18.5 Å². The number of rotatable bonds is 0. The summed E-state index contributed by atoms with van der Waals surface area (Å²) < 4.78 is 5.12. The fourth-order valence-corrected chi connectivity index (χ4v) is 1.81. The summed E-state index contributed by atoms with van der Waals surface area (Å²) in [5, 5.41) is 8.70. The van der Waals surface area contributed by atoms with Crippen LogP contribution in [0.25, 0.3) is 0 Å². The van der Waals surface area contributed by atoms with Gasteiger partial charge in [-0.2, -0.15) is 0 Å². The summed E-state index contributed by atoms with van der Waals surface area (Å²) in [6, 6.07) is -0.525. The Morgan fingerprint density at radius 1 is 1.62 bits per heavy atom. The standard InChI is InChI=1S/C7H9NO4.Fm/c9-4-3-12-5-1-2-8(6(4)5)7(10)11;/h5-6H,1-3H2,(H,10,11);. The summed E-state index contributed by atoms with van der Waals surface area (Å²) in [5.41, 5.74) is 0. The molecule has 0 bridgehead atoms. The van der Waals surface area contributed by atoms with E-state index >= 15 is 0 Å². The van der Waals surface area contributed by atoms with Gasteiger partial charge in [-0.15, -0.1) is 0 Å². The van der Waals surface area contributed by atoms with Gasteiger partial charge in [-0.05, 0) is 6.42 Å². The van der Waals surface area contributed by atoms with E-state index in [0.29, 0.717) is 13.0 Å². The van der Waals surface area contributed by atoms with Gasteiger partial charge in [0.05, 0.1) is 6.10 Å². The smallest absolute Gasteiger partial charge is 0.408 e. The number of fused-ring (bicyclic) bond motifs is 1. The van der Waals surface area contributed by atoms with E-state index in [2.05, 4.69) is 0 Å². The van der Waals surface area contributed by atoms with Crippen LogP contribution in [0.5, 0.6) is 0 Å². The van der Waals surface area contributed by atoms with Crippen LogP contribution in [0.4, 0.5) is 4.79 Å². The predicted molar refractivity (Wildman–Crippen MR) is 37.9 cm³/mol. The Morgan fingerprint density at radius 3 is 2.92 bits per heavy atom. The van der Waals surface area contributed by atoms with Crippen LogP contribution < -0.4 is 0 Å². The normalized spacial score (nSPS) is 31.4. The molecule has 5 nitrogen and oxygen atoms in total. The molecule has 0 spiro atoms. The van der Waals surface area contributed by atoms with Crippen molar-refractivity contribution in [3.05, 3.63) is 0 Å². The Bertz CT molecular complexity index is 245. The number of carboxylic acid groups (broad SMARTS) is 1. The third-order valence-corrected chi connectivity index (χ3v) is 2.36. The summed E-state index contributed by atoms with van der Waals surface area (Å²) >= 11 is 0. The largest absolute Gasteiger partial charge is 0.465 e. The SMILES string of the molecule is O=C1COC2CCN(C(=O)O)C12.[Fm]. The van der Waals surface area contributed by atoms with E-state index < -0.39 is 12.1 Å². The Morgan fingerprint density at radius 2 is 2.31 bits per heavy atom. The monoisotopic (exact) mass is 428 g/mol. The van der Waals surface area contributed by atoms with Crippen LogP contribution in [-0.2, 0) is 9.53 Å². The molecule has 0 radical (unpaired) electrons. The average molecular weight is 428 g/mol. The van der Waals surface area contributed by atoms with E-state index in [9.17, 15) is 9.59 Å². The molecule has 0 aromatic carbocycles. The van der Waals surface area contributed by atoms with Gasteiger partial charge in [0, 0.05) is 6.54 Å². The Labute approximate surface area is 68.9 Å². The van der Waals surface area contributed by atoms with E-state index in [1.807, 2.05) is 0 Å². The van der Waals surface area contributed by atoms with Crippen LogP contribution in [-0.4, -0.2) is 47.2 Å². The quantitative estimate of drug-likeness (QED) is 0.576. The minimum atomic E-state index is -1.03. The van der Waals surface area contributed by atoms with Gasteiger partial charge in [-0.1, -0.05) is 0 Å². The van der Waals surface area contributed by atoms with E-state index in [1.165, 1.54) is 4.90 Å². The van der Waals surface area contributed by atoms with Crippen molar-refractivity contribution >= 4 is 11.9 Å². The van der Waals surface area contributed by atoms with Crippen molar-refractivity contribution in [3.8, 4) is 0 Å². The Kier molecular flexibility index (Phi) is 1.90. The molecule has 0 aromatic heterocycles. The third kappa shape index (κ3) is 1.08. The van der Waals surface area contributed by atoms with E-state index in [0.717, 1.165) is 0 Å². The van der Waals surface area contributed by atoms with Crippen molar-refractivity contribution < 1.29 is 19.4 Å². The minimum absolute atomic E-state index is 0. The molecular weight excluding hydrogens is 419 g/mol. The zero-order valence-electron chi connectivity index (χ0n) is 6.68. The molecule has 2 atom stereocenters. The number of amides is 1. The van der Waals surface area contributed by atoms with E-state index in [4.69, 9.17) is 9.84 Å².